The van der Waals surface area contributed by atoms with Crippen LogP contribution in [-0.2, 0) is 0 Å². The highest BCUT2D eigenvalue weighted by atomic mass is 35.5. The molecule has 1 aliphatic heterocycles. The number of nitrogens with zero attached hydrogens (tertiary/aromatic N) is 3. The second-order valence-electron chi connectivity index (χ2n) is 7.33. The molecule has 27 heavy (non-hydrogen) atoms. The average molecular weight is 408 g/mol. The first-order valence-electron chi connectivity index (χ1n) is 9.50. The van der Waals surface area contributed by atoms with E-state index in [-0.39, 0.29) is 5.91 Å². The van der Waals surface area contributed by atoms with Gasteiger partial charge in [-0.05, 0) is 31.9 Å². The maximum atomic E-state index is 13.2. The summed E-state index contributed by atoms with van der Waals surface area (Å²) in [4.78, 5) is 17.7. The van der Waals surface area contributed by atoms with Gasteiger partial charge in [0.2, 0.25) is 0 Å². The quantitative estimate of drug-likeness (QED) is 0.742. The van der Waals surface area contributed by atoms with Crippen molar-refractivity contribution in [2.75, 3.05) is 26.2 Å². The highest BCUT2D eigenvalue weighted by Crippen LogP contribution is 2.37. The Morgan fingerprint density at radius 2 is 1.74 bits per heavy atom. The van der Waals surface area contributed by atoms with Crippen molar-refractivity contribution >= 4 is 29.1 Å². The zero-order valence-electron chi connectivity index (χ0n) is 15.4. The van der Waals surface area contributed by atoms with Gasteiger partial charge >= 0.3 is 0 Å². The lowest BCUT2D eigenvalue weighted by atomic mass is 10.0. The molecule has 4 rings (SSSR count). The topological polar surface area (TPSA) is 49.6 Å². The van der Waals surface area contributed by atoms with Crippen molar-refractivity contribution in [1.82, 2.24) is 15.0 Å². The lowest BCUT2D eigenvalue weighted by Gasteiger charge is -2.38. The fourth-order valence-electron chi connectivity index (χ4n) is 4.24. The Morgan fingerprint density at radius 1 is 1.11 bits per heavy atom. The summed E-state index contributed by atoms with van der Waals surface area (Å²) in [6.45, 7) is 5.03. The van der Waals surface area contributed by atoms with Crippen LogP contribution in [0.2, 0.25) is 10.0 Å². The third kappa shape index (κ3) is 3.60. The summed E-state index contributed by atoms with van der Waals surface area (Å²) < 4.78 is 5.35. The third-order valence-electron chi connectivity index (χ3n) is 5.72. The third-order valence-corrected chi connectivity index (χ3v) is 6.35. The number of halogens is 2. The van der Waals surface area contributed by atoms with Gasteiger partial charge in [-0.3, -0.25) is 9.69 Å². The normalized spacial score (nSPS) is 19.0. The van der Waals surface area contributed by atoms with Gasteiger partial charge in [0, 0.05) is 37.8 Å². The van der Waals surface area contributed by atoms with E-state index in [1.807, 2.05) is 4.90 Å². The number of piperazine rings is 1. The molecule has 0 bridgehead atoms. The molecule has 5 nitrogen and oxygen atoms in total. The fourth-order valence-corrected chi connectivity index (χ4v) is 4.81. The highest BCUT2D eigenvalue weighted by molar-refractivity contribution is 6.39. The number of carbonyl (C=O) groups excluding carboxylic acids is 1. The van der Waals surface area contributed by atoms with E-state index in [0.29, 0.717) is 38.7 Å². The van der Waals surface area contributed by atoms with E-state index in [2.05, 4.69) is 10.1 Å². The number of carbonyl (C=O) groups is 1. The largest absolute Gasteiger partial charge is 0.360 e. The van der Waals surface area contributed by atoms with Gasteiger partial charge in [-0.1, -0.05) is 47.3 Å². The lowest BCUT2D eigenvalue weighted by Crippen LogP contribution is -2.51. The molecule has 1 aromatic heterocycles. The smallest absolute Gasteiger partial charge is 0.259 e. The highest BCUT2D eigenvalue weighted by Gasteiger charge is 2.32. The molecule has 1 aromatic carbocycles. The van der Waals surface area contributed by atoms with Gasteiger partial charge in [-0.25, -0.2) is 0 Å². The molecule has 2 aliphatic rings. The Labute approximate surface area is 169 Å². The van der Waals surface area contributed by atoms with E-state index in [1.54, 1.807) is 25.1 Å². The molecule has 1 aliphatic carbocycles. The Bertz CT molecular complexity index is 817. The van der Waals surface area contributed by atoms with E-state index in [1.165, 1.54) is 25.7 Å². The predicted molar refractivity (Wildman–Crippen MR) is 106 cm³/mol. The SMILES string of the molecule is Cc1onc(-c2c(Cl)cccc2Cl)c1C(=O)N1CCN(C2CCCC2)CC1. The van der Waals surface area contributed by atoms with Crippen LogP contribution in [0.4, 0.5) is 0 Å². The van der Waals surface area contributed by atoms with Gasteiger partial charge in [0.25, 0.3) is 5.91 Å². The Balaban J connectivity index is 1.56. The van der Waals surface area contributed by atoms with Crippen LogP contribution >= 0.6 is 23.2 Å². The van der Waals surface area contributed by atoms with Gasteiger partial charge in [-0.2, -0.15) is 0 Å². The van der Waals surface area contributed by atoms with Gasteiger partial charge in [0.05, 0.1) is 10.0 Å². The van der Waals surface area contributed by atoms with E-state index in [4.69, 9.17) is 27.7 Å². The molecular formula is C20H23Cl2N3O2. The zero-order chi connectivity index (χ0) is 19.0. The maximum Gasteiger partial charge on any atom is 0.259 e. The molecule has 0 atom stereocenters. The second kappa shape index (κ2) is 7.82. The second-order valence-corrected chi connectivity index (χ2v) is 8.14. The van der Waals surface area contributed by atoms with E-state index in [9.17, 15) is 4.79 Å². The summed E-state index contributed by atoms with van der Waals surface area (Å²) in [5.41, 5.74) is 1.43. The summed E-state index contributed by atoms with van der Waals surface area (Å²) in [6.07, 6.45) is 5.22. The van der Waals surface area contributed by atoms with Crippen molar-refractivity contribution in [3.05, 3.63) is 39.6 Å². The molecule has 0 radical (unpaired) electrons. The number of rotatable bonds is 3. The summed E-state index contributed by atoms with van der Waals surface area (Å²) in [5.74, 6) is 0.426. The summed E-state index contributed by atoms with van der Waals surface area (Å²) in [7, 11) is 0. The van der Waals surface area contributed by atoms with Crippen LogP contribution in [0.25, 0.3) is 11.3 Å². The lowest BCUT2D eigenvalue weighted by molar-refractivity contribution is 0.0572. The molecule has 1 amide bonds. The Hall–Kier alpha value is -1.56. The van der Waals surface area contributed by atoms with Crippen molar-refractivity contribution in [3.63, 3.8) is 0 Å². The van der Waals surface area contributed by atoms with E-state index >= 15 is 0 Å². The van der Waals surface area contributed by atoms with Gasteiger partial charge in [0.15, 0.2) is 0 Å². The number of amides is 1. The van der Waals surface area contributed by atoms with Crippen molar-refractivity contribution < 1.29 is 9.32 Å². The van der Waals surface area contributed by atoms with Crippen LogP contribution in [0, 0.1) is 6.92 Å². The molecule has 1 saturated heterocycles. The minimum atomic E-state index is -0.0641. The van der Waals surface area contributed by atoms with Crippen molar-refractivity contribution in [2.24, 2.45) is 0 Å². The average Bonchev–Trinajstić information content (AvgIpc) is 3.32. The van der Waals surface area contributed by atoms with Crippen LogP contribution in [0.15, 0.2) is 22.7 Å². The molecule has 144 valence electrons. The molecule has 0 spiro atoms. The number of aromatic nitrogens is 1. The monoisotopic (exact) mass is 407 g/mol. The Morgan fingerprint density at radius 3 is 2.37 bits per heavy atom. The number of benzene rings is 1. The van der Waals surface area contributed by atoms with Crippen molar-refractivity contribution in [2.45, 2.75) is 38.6 Å². The van der Waals surface area contributed by atoms with Crippen LogP contribution in [0.3, 0.4) is 0 Å². The predicted octanol–water partition coefficient (Wildman–Crippen LogP) is 4.66. The molecule has 2 fully saturated rings. The molecule has 2 aromatic rings. The summed E-state index contributed by atoms with van der Waals surface area (Å²) in [6, 6.07) is 5.94. The van der Waals surface area contributed by atoms with E-state index < -0.39 is 0 Å². The first-order chi connectivity index (χ1) is 13.1. The van der Waals surface area contributed by atoms with Crippen LogP contribution in [0.5, 0.6) is 0 Å². The van der Waals surface area contributed by atoms with E-state index in [0.717, 1.165) is 26.2 Å². The van der Waals surface area contributed by atoms with Gasteiger partial charge < -0.3 is 9.42 Å². The molecule has 0 N–H and O–H groups in total. The number of aryl methyl sites for hydroxylation is 1. The number of hydrogen-bond acceptors (Lipinski definition) is 4. The minimum Gasteiger partial charge on any atom is -0.360 e. The van der Waals surface area contributed by atoms with Crippen molar-refractivity contribution in [3.8, 4) is 11.3 Å². The Kier molecular flexibility index (Phi) is 5.44. The van der Waals surface area contributed by atoms with Crippen LogP contribution in [0.1, 0.15) is 41.8 Å². The maximum absolute atomic E-state index is 13.2. The first-order valence-corrected chi connectivity index (χ1v) is 10.3. The fraction of sp³-hybridized carbons (Fsp3) is 0.500. The van der Waals surface area contributed by atoms with Gasteiger partial charge in [0.1, 0.15) is 17.0 Å². The molecule has 0 unspecified atom stereocenters. The molecule has 2 heterocycles. The summed E-state index contributed by atoms with van der Waals surface area (Å²) >= 11 is 12.7. The van der Waals surface area contributed by atoms with Crippen LogP contribution in [-0.4, -0.2) is 53.1 Å². The number of hydrogen-bond donors (Lipinski definition) is 0. The van der Waals surface area contributed by atoms with Crippen LogP contribution < -0.4 is 0 Å². The van der Waals surface area contributed by atoms with Gasteiger partial charge in [-0.15, -0.1) is 0 Å². The molecule has 7 heteroatoms. The zero-order valence-corrected chi connectivity index (χ0v) is 16.9. The van der Waals surface area contributed by atoms with Crippen molar-refractivity contribution in [1.29, 1.82) is 0 Å². The minimum absolute atomic E-state index is 0.0641. The molecule has 1 saturated carbocycles. The summed E-state index contributed by atoms with van der Waals surface area (Å²) in [5, 5.41) is 5.01. The first kappa shape index (κ1) is 18.8. The standard InChI is InChI=1S/C20H23Cl2N3O2/c1-13-17(19(23-27-13)18-15(21)7-4-8-16(18)22)20(26)25-11-9-24(10-12-25)14-5-2-3-6-14/h4,7-8,14H,2-3,5-6,9-12H2,1H3. The molecular weight excluding hydrogens is 385 g/mol.